The van der Waals surface area contributed by atoms with Crippen LogP contribution in [0.5, 0.6) is 5.75 Å². The number of halogens is 1. The van der Waals surface area contributed by atoms with E-state index in [4.69, 9.17) is 16.3 Å². The van der Waals surface area contributed by atoms with E-state index in [1.54, 1.807) is 32.0 Å². The van der Waals surface area contributed by atoms with E-state index in [1.165, 1.54) is 16.8 Å². The van der Waals surface area contributed by atoms with E-state index in [0.717, 1.165) is 11.1 Å². The Balaban J connectivity index is 1.74. The van der Waals surface area contributed by atoms with Crippen LogP contribution in [0.3, 0.4) is 0 Å². The zero-order valence-electron chi connectivity index (χ0n) is 17.7. The summed E-state index contributed by atoms with van der Waals surface area (Å²) in [5.41, 5.74) is 5.20. The van der Waals surface area contributed by atoms with Crippen molar-refractivity contribution in [2.24, 2.45) is 5.18 Å². The monoisotopic (exact) mass is 461 g/mol. The summed E-state index contributed by atoms with van der Waals surface area (Å²) in [6.45, 7) is 7.18. The van der Waals surface area contributed by atoms with Gasteiger partial charge in [-0.1, -0.05) is 43.6 Å². The third-order valence-electron chi connectivity index (χ3n) is 4.98. The van der Waals surface area contributed by atoms with Crippen LogP contribution < -0.4 is 10.2 Å². The molecule has 2 unspecified atom stereocenters. The Morgan fingerprint density at radius 2 is 2.03 bits per heavy atom. The number of hydrogen-bond donors (Lipinski definition) is 1. The fourth-order valence-corrected chi connectivity index (χ4v) is 4.85. The summed E-state index contributed by atoms with van der Waals surface area (Å²) in [5, 5.41) is 4.13. The Morgan fingerprint density at radius 3 is 2.68 bits per heavy atom. The minimum absolute atomic E-state index is 0.0705. The summed E-state index contributed by atoms with van der Waals surface area (Å²) >= 11 is 7.72. The van der Waals surface area contributed by atoms with Crippen LogP contribution in [0.25, 0.3) is 0 Å². The van der Waals surface area contributed by atoms with Crippen LogP contribution in [0.2, 0.25) is 5.02 Å². The van der Waals surface area contributed by atoms with Crippen LogP contribution in [0.4, 0.5) is 5.69 Å². The molecular weight excluding hydrogens is 438 g/mol. The van der Waals surface area contributed by atoms with Crippen LogP contribution in [0, 0.1) is 11.8 Å². The number of ether oxygens (including phenoxy) is 1. The van der Waals surface area contributed by atoms with E-state index in [1.807, 2.05) is 32.0 Å². The van der Waals surface area contributed by atoms with Gasteiger partial charge in [0.1, 0.15) is 16.8 Å². The van der Waals surface area contributed by atoms with Crippen molar-refractivity contribution >= 4 is 40.9 Å². The SMILES string of the molecule is Cc1cc(OCC(=O)NN2C(=O)C(C)SC2c2ccccc2Cl)c(C(C)C)cc1N=O. The van der Waals surface area contributed by atoms with Crippen molar-refractivity contribution in [3.05, 3.63) is 63.0 Å². The molecular formula is C22H24ClN3O4S. The van der Waals surface area contributed by atoms with Gasteiger partial charge in [-0.05, 0) is 54.3 Å². The molecule has 1 aliphatic heterocycles. The average Bonchev–Trinajstić information content (AvgIpc) is 3.00. The van der Waals surface area contributed by atoms with E-state index in [0.29, 0.717) is 22.0 Å². The van der Waals surface area contributed by atoms with Crippen molar-refractivity contribution in [3.8, 4) is 5.75 Å². The maximum atomic E-state index is 12.6. The van der Waals surface area contributed by atoms with Gasteiger partial charge in [-0.3, -0.25) is 15.0 Å². The highest BCUT2D eigenvalue weighted by atomic mass is 35.5. The number of aryl methyl sites for hydroxylation is 1. The van der Waals surface area contributed by atoms with Crippen molar-refractivity contribution < 1.29 is 14.3 Å². The fourth-order valence-electron chi connectivity index (χ4n) is 3.30. The molecule has 7 nitrogen and oxygen atoms in total. The lowest BCUT2D eigenvalue weighted by Gasteiger charge is -2.25. The second-order valence-electron chi connectivity index (χ2n) is 7.61. The Morgan fingerprint density at radius 1 is 1.32 bits per heavy atom. The molecule has 9 heteroatoms. The number of thioether (sulfide) groups is 1. The van der Waals surface area contributed by atoms with Gasteiger partial charge in [-0.15, -0.1) is 16.7 Å². The number of nitrogens with one attached hydrogen (secondary N) is 1. The van der Waals surface area contributed by atoms with Gasteiger partial charge < -0.3 is 4.74 Å². The molecule has 1 aliphatic rings. The molecule has 1 fully saturated rings. The molecule has 1 heterocycles. The number of hydrazine groups is 1. The molecule has 1 N–H and O–H groups in total. The Hall–Kier alpha value is -2.58. The van der Waals surface area contributed by atoms with Gasteiger partial charge in [0.15, 0.2) is 6.61 Å². The highest BCUT2D eigenvalue weighted by molar-refractivity contribution is 8.01. The quantitative estimate of drug-likeness (QED) is 0.569. The zero-order chi connectivity index (χ0) is 22.7. The third kappa shape index (κ3) is 5.02. The van der Waals surface area contributed by atoms with Crippen molar-refractivity contribution in [2.75, 3.05) is 6.61 Å². The maximum absolute atomic E-state index is 12.6. The van der Waals surface area contributed by atoms with E-state index in [-0.39, 0.29) is 23.7 Å². The van der Waals surface area contributed by atoms with Gasteiger partial charge in [0.05, 0.1) is 5.25 Å². The lowest BCUT2D eigenvalue weighted by molar-refractivity contribution is -0.141. The summed E-state index contributed by atoms with van der Waals surface area (Å²) in [6, 6.07) is 10.6. The summed E-state index contributed by atoms with van der Waals surface area (Å²) < 4.78 is 5.75. The smallest absolute Gasteiger partial charge is 0.276 e. The summed E-state index contributed by atoms with van der Waals surface area (Å²) in [6.07, 6.45) is 0. The Bertz CT molecular complexity index is 1010. The van der Waals surface area contributed by atoms with Gasteiger partial charge in [0.2, 0.25) is 0 Å². The van der Waals surface area contributed by atoms with Crippen molar-refractivity contribution in [1.29, 1.82) is 0 Å². The molecule has 2 atom stereocenters. The van der Waals surface area contributed by atoms with E-state index >= 15 is 0 Å². The first-order valence-electron chi connectivity index (χ1n) is 9.86. The molecule has 0 aliphatic carbocycles. The van der Waals surface area contributed by atoms with Crippen LogP contribution in [-0.2, 0) is 9.59 Å². The predicted molar refractivity (Wildman–Crippen MR) is 122 cm³/mol. The summed E-state index contributed by atoms with van der Waals surface area (Å²) in [5.74, 6) is -0.0946. The van der Waals surface area contributed by atoms with Gasteiger partial charge in [-0.25, -0.2) is 5.01 Å². The number of nitroso groups, excluding NO2 is 1. The van der Waals surface area contributed by atoms with E-state index in [9.17, 15) is 14.5 Å². The standard InChI is InChI=1S/C22H24ClN3O4S/c1-12(2)16-10-18(25-29)13(3)9-19(16)30-11-20(27)24-26-21(28)14(4)31-22(26)15-7-5-6-8-17(15)23/h5-10,12,14,22H,11H2,1-4H3,(H,24,27). The summed E-state index contributed by atoms with van der Waals surface area (Å²) in [4.78, 5) is 36.3. The first-order valence-corrected chi connectivity index (χ1v) is 11.2. The molecule has 2 amide bonds. The van der Waals surface area contributed by atoms with E-state index < -0.39 is 11.3 Å². The minimum Gasteiger partial charge on any atom is -0.483 e. The normalized spacial score (nSPS) is 18.4. The number of benzene rings is 2. The lowest BCUT2D eigenvalue weighted by Crippen LogP contribution is -2.47. The first kappa shape index (κ1) is 23.1. The minimum atomic E-state index is -0.468. The first-order chi connectivity index (χ1) is 14.7. The van der Waals surface area contributed by atoms with Crippen molar-refractivity contribution in [2.45, 2.75) is 44.2 Å². The molecule has 2 aromatic carbocycles. The van der Waals surface area contributed by atoms with Gasteiger partial charge in [-0.2, -0.15) is 0 Å². The maximum Gasteiger partial charge on any atom is 0.276 e. The number of rotatable bonds is 7. The summed E-state index contributed by atoms with van der Waals surface area (Å²) in [7, 11) is 0. The number of hydrogen-bond acceptors (Lipinski definition) is 6. The zero-order valence-corrected chi connectivity index (χ0v) is 19.3. The molecule has 3 rings (SSSR count). The van der Waals surface area contributed by atoms with Crippen LogP contribution in [0.15, 0.2) is 41.6 Å². The van der Waals surface area contributed by atoms with Gasteiger partial charge >= 0.3 is 0 Å². The van der Waals surface area contributed by atoms with Crippen molar-refractivity contribution in [3.63, 3.8) is 0 Å². The molecule has 0 aromatic heterocycles. The van der Waals surface area contributed by atoms with Crippen LogP contribution in [0.1, 0.15) is 48.8 Å². The number of carbonyl (C=O) groups is 2. The Kier molecular flexibility index (Phi) is 7.23. The topological polar surface area (TPSA) is 88.1 Å². The molecule has 0 spiro atoms. The highest BCUT2D eigenvalue weighted by Crippen LogP contribution is 2.44. The molecule has 2 aromatic rings. The van der Waals surface area contributed by atoms with Crippen LogP contribution >= 0.6 is 23.4 Å². The number of amides is 2. The fraction of sp³-hybridized carbons (Fsp3) is 0.364. The van der Waals surface area contributed by atoms with Gasteiger partial charge in [0.25, 0.3) is 11.8 Å². The third-order valence-corrected chi connectivity index (χ3v) is 6.65. The molecule has 31 heavy (non-hydrogen) atoms. The largest absolute Gasteiger partial charge is 0.483 e. The Labute approximate surface area is 190 Å². The molecule has 1 saturated heterocycles. The molecule has 164 valence electrons. The van der Waals surface area contributed by atoms with Crippen molar-refractivity contribution in [1.82, 2.24) is 10.4 Å². The average molecular weight is 462 g/mol. The highest BCUT2D eigenvalue weighted by Gasteiger charge is 2.40. The second kappa shape index (κ2) is 9.70. The molecule has 0 radical (unpaired) electrons. The number of carbonyl (C=O) groups excluding carboxylic acids is 2. The lowest BCUT2D eigenvalue weighted by atomic mass is 9.99. The molecule has 0 bridgehead atoms. The molecule has 0 saturated carbocycles. The van der Waals surface area contributed by atoms with Crippen LogP contribution in [-0.4, -0.2) is 28.7 Å². The van der Waals surface area contributed by atoms with Gasteiger partial charge in [0, 0.05) is 10.6 Å². The number of nitrogens with zero attached hydrogens (tertiary/aromatic N) is 2. The van der Waals surface area contributed by atoms with E-state index in [2.05, 4.69) is 10.6 Å². The predicted octanol–water partition coefficient (Wildman–Crippen LogP) is 5.24. The second-order valence-corrected chi connectivity index (χ2v) is 9.44.